The van der Waals surface area contributed by atoms with Crippen molar-refractivity contribution < 1.29 is 8.42 Å². The highest BCUT2D eigenvalue weighted by molar-refractivity contribution is 7.92. The maximum Gasteiger partial charge on any atom is 0.265 e. The summed E-state index contributed by atoms with van der Waals surface area (Å²) < 4.78 is 31.2. The molecule has 0 fully saturated rings. The smallest absolute Gasteiger partial charge is 0.265 e. The zero-order valence-electron chi connectivity index (χ0n) is 14.8. The molecule has 0 amide bonds. The van der Waals surface area contributed by atoms with Gasteiger partial charge in [-0.15, -0.1) is 0 Å². The number of hydrogen-bond acceptors (Lipinski definition) is 4. The Bertz CT molecular complexity index is 1020. The highest BCUT2D eigenvalue weighted by atomic mass is 35.5. The molecular weight excluding hydrogens is 374 g/mol. The van der Waals surface area contributed by atoms with Gasteiger partial charge >= 0.3 is 0 Å². The van der Waals surface area contributed by atoms with Crippen LogP contribution in [0.4, 0.5) is 5.69 Å². The van der Waals surface area contributed by atoms with Crippen LogP contribution in [0, 0.1) is 13.8 Å². The Hall–Kier alpha value is -2.32. The van der Waals surface area contributed by atoms with Crippen molar-refractivity contribution >= 4 is 27.3 Å². The molecule has 9 heteroatoms. The summed E-state index contributed by atoms with van der Waals surface area (Å²) in [5, 5.41) is 9.15. The second kappa shape index (κ2) is 7.13. The summed E-state index contributed by atoms with van der Waals surface area (Å²) in [5.41, 5.74) is 2.87. The first kappa shape index (κ1) is 18.5. The molecule has 0 unspecified atom stereocenters. The van der Waals surface area contributed by atoms with E-state index in [2.05, 4.69) is 14.9 Å². The summed E-state index contributed by atoms with van der Waals surface area (Å²) >= 11 is 5.91. The SMILES string of the molecule is CCn1cc(S(=O)(=O)Nc2c(C)nn(Cc3ccc(Cl)cc3)c2C)cn1. The minimum atomic E-state index is -3.72. The van der Waals surface area contributed by atoms with Crippen LogP contribution in [0.2, 0.25) is 5.02 Å². The second-order valence-corrected chi connectivity index (χ2v) is 8.09. The van der Waals surface area contributed by atoms with Crippen molar-refractivity contribution in [1.29, 1.82) is 0 Å². The first-order valence-electron chi connectivity index (χ1n) is 8.14. The number of nitrogens with one attached hydrogen (secondary N) is 1. The van der Waals surface area contributed by atoms with E-state index in [1.807, 2.05) is 38.1 Å². The lowest BCUT2D eigenvalue weighted by Crippen LogP contribution is -2.14. The van der Waals surface area contributed by atoms with E-state index in [-0.39, 0.29) is 4.90 Å². The monoisotopic (exact) mass is 393 g/mol. The Balaban J connectivity index is 1.86. The molecule has 2 heterocycles. The summed E-state index contributed by atoms with van der Waals surface area (Å²) in [4.78, 5) is 0.128. The molecule has 0 saturated heterocycles. The zero-order chi connectivity index (χ0) is 18.9. The van der Waals surface area contributed by atoms with Gasteiger partial charge in [-0.05, 0) is 38.5 Å². The van der Waals surface area contributed by atoms with Crippen molar-refractivity contribution in [2.75, 3.05) is 4.72 Å². The number of sulfonamides is 1. The van der Waals surface area contributed by atoms with Crippen molar-refractivity contribution in [2.45, 2.75) is 38.8 Å². The van der Waals surface area contributed by atoms with Crippen molar-refractivity contribution in [3.05, 3.63) is 58.6 Å². The molecule has 0 aliphatic rings. The molecular formula is C17H20ClN5O2S. The third-order valence-corrected chi connectivity index (χ3v) is 5.66. The number of nitrogens with zero attached hydrogens (tertiary/aromatic N) is 4. The topological polar surface area (TPSA) is 81.8 Å². The molecule has 1 aromatic carbocycles. The van der Waals surface area contributed by atoms with Crippen molar-refractivity contribution in [2.24, 2.45) is 0 Å². The number of aromatic nitrogens is 4. The van der Waals surface area contributed by atoms with E-state index in [4.69, 9.17) is 11.6 Å². The molecule has 138 valence electrons. The molecule has 0 radical (unpaired) electrons. The third-order valence-electron chi connectivity index (χ3n) is 4.11. The van der Waals surface area contributed by atoms with Gasteiger partial charge in [0.25, 0.3) is 10.0 Å². The Kier molecular flexibility index (Phi) is 5.06. The molecule has 7 nitrogen and oxygen atoms in total. The van der Waals surface area contributed by atoms with Gasteiger partial charge in [-0.3, -0.25) is 14.1 Å². The first-order chi connectivity index (χ1) is 12.3. The fourth-order valence-electron chi connectivity index (χ4n) is 2.61. The lowest BCUT2D eigenvalue weighted by atomic mass is 10.2. The molecule has 2 aromatic heterocycles. The van der Waals surface area contributed by atoms with E-state index in [0.717, 1.165) is 11.3 Å². The van der Waals surface area contributed by atoms with Crippen LogP contribution < -0.4 is 4.72 Å². The van der Waals surface area contributed by atoms with Gasteiger partial charge in [0.15, 0.2) is 0 Å². The molecule has 0 aliphatic carbocycles. The minimum Gasteiger partial charge on any atom is -0.276 e. The summed E-state index contributed by atoms with van der Waals surface area (Å²) in [6, 6.07) is 7.47. The Morgan fingerprint density at radius 2 is 1.88 bits per heavy atom. The van der Waals surface area contributed by atoms with Gasteiger partial charge in [-0.1, -0.05) is 23.7 Å². The molecule has 0 saturated carbocycles. The van der Waals surface area contributed by atoms with E-state index in [1.165, 1.54) is 12.4 Å². The molecule has 0 spiro atoms. The van der Waals surface area contributed by atoms with Crippen molar-refractivity contribution in [1.82, 2.24) is 19.6 Å². The minimum absolute atomic E-state index is 0.128. The summed E-state index contributed by atoms with van der Waals surface area (Å²) in [7, 11) is -3.72. The highest BCUT2D eigenvalue weighted by Gasteiger charge is 2.21. The third kappa shape index (κ3) is 3.76. The maximum absolute atomic E-state index is 12.6. The van der Waals surface area contributed by atoms with E-state index in [9.17, 15) is 8.42 Å². The van der Waals surface area contributed by atoms with Crippen LogP contribution >= 0.6 is 11.6 Å². The molecule has 3 rings (SSSR count). The van der Waals surface area contributed by atoms with E-state index >= 15 is 0 Å². The van der Waals surface area contributed by atoms with Crippen LogP contribution in [-0.2, 0) is 23.1 Å². The second-order valence-electron chi connectivity index (χ2n) is 5.97. The van der Waals surface area contributed by atoms with Gasteiger partial charge in [-0.2, -0.15) is 10.2 Å². The quantitative estimate of drug-likeness (QED) is 0.697. The first-order valence-corrected chi connectivity index (χ1v) is 10.00. The Morgan fingerprint density at radius 1 is 1.19 bits per heavy atom. The van der Waals surface area contributed by atoms with Crippen LogP contribution in [0.15, 0.2) is 41.6 Å². The lowest BCUT2D eigenvalue weighted by Gasteiger charge is -2.08. The zero-order valence-corrected chi connectivity index (χ0v) is 16.3. The molecule has 26 heavy (non-hydrogen) atoms. The fraction of sp³-hybridized carbons (Fsp3) is 0.294. The van der Waals surface area contributed by atoms with Crippen LogP contribution in [0.25, 0.3) is 0 Å². The number of rotatable bonds is 6. The molecule has 0 aliphatic heterocycles. The van der Waals surface area contributed by atoms with Crippen molar-refractivity contribution in [3.63, 3.8) is 0 Å². The Morgan fingerprint density at radius 3 is 2.50 bits per heavy atom. The normalized spacial score (nSPS) is 11.7. The number of benzene rings is 1. The summed E-state index contributed by atoms with van der Waals surface area (Å²) in [5.74, 6) is 0. The standard InChI is InChI=1S/C17H20ClN5O2S/c1-4-22-11-16(9-19-22)26(24,25)21-17-12(2)20-23(13(17)3)10-14-5-7-15(18)8-6-14/h5-9,11,21H,4,10H2,1-3H3. The summed E-state index contributed by atoms with van der Waals surface area (Å²) in [6.45, 7) is 6.64. The van der Waals surface area contributed by atoms with Crippen molar-refractivity contribution in [3.8, 4) is 0 Å². The average Bonchev–Trinajstić information content (AvgIpc) is 3.18. The molecule has 3 aromatic rings. The Labute approximate surface area is 157 Å². The lowest BCUT2D eigenvalue weighted by molar-refractivity contribution is 0.600. The van der Waals surface area contributed by atoms with Gasteiger partial charge in [0.05, 0.1) is 29.8 Å². The van der Waals surface area contributed by atoms with Gasteiger partial charge in [0.2, 0.25) is 0 Å². The van der Waals surface area contributed by atoms with Gasteiger partial charge < -0.3 is 0 Å². The van der Waals surface area contributed by atoms with E-state index in [0.29, 0.717) is 29.5 Å². The maximum atomic E-state index is 12.6. The molecule has 0 bridgehead atoms. The van der Waals surface area contributed by atoms with Gasteiger partial charge in [0.1, 0.15) is 4.90 Å². The summed E-state index contributed by atoms with van der Waals surface area (Å²) in [6.07, 6.45) is 2.85. The predicted molar refractivity (Wildman–Crippen MR) is 101 cm³/mol. The molecule has 0 atom stereocenters. The number of aryl methyl sites for hydroxylation is 2. The van der Waals surface area contributed by atoms with Crippen LogP contribution in [0.5, 0.6) is 0 Å². The van der Waals surface area contributed by atoms with Crippen LogP contribution in [0.3, 0.4) is 0 Å². The number of hydrogen-bond donors (Lipinski definition) is 1. The van der Waals surface area contributed by atoms with Crippen LogP contribution in [-0.4, -0.2) is 28.0 Å². The number of halogens is 1. The molecule has 1 N–H and O–H groups in total. The van der Waals surface area contributed by atoms with Crippen LogP contribution in [0.1, 0.15) is 23.9 Å². The average molecular weight is 394 g/mol. The van der Waals surface area contributed by atoms with E-state index < -0.39 is 10.0 Å². The largest absolute Gasteiger partial charge is 0.276 e. The van der Waals surface area contributed by atoms with E-state index in [1.54, 1.807) is 16.3 Å². The number of anilines is 1. The van der Waals surface area contributed by atoms with Gasteiger partial charge in [-0.25, -0.2) is 8.42 Å². The highest BCUT2D eigenvalue weighted by Crippen LogP contribution is 2.24. The predicted octanol–water partition coefficient (Wildman–Crippen LogP) is 3.22. The fourth-order valence-corrected chi connectivity index (χ4v) is 3.87. The van der Waals surface area contributed by atoms with Gasteiger partial charge in [0, 0.05) is 17.8 Å².